The first kappa shape index (κ1) is 15.2. The van der Waals surface area contributed by atoms with E-state index in [1.807, 2.05) is 5.38 Å². The molecule has 0 bridgehead atoms. The Morgan fingerprint density at radius 2 is 1.52 bits per heavy atom. The van der Waals surface area contributed by atoms with Gasteiger partial charge in [0.15, 0.2) is 0 Å². The molecule has 3 aromatic rings. The van der Waals surface area contributed by atoms with E-state index in [1.165, 1.54) is 29.5 Å². The first-order chi connectivity index (χ1) is 11.1. The number of carbonyl (C=O) groups excluding carboxylic acids is 1. The van der Waals surface area contributed by atoms with Crippen molar-refractivity contribution in [2.24, 2.45) is 0 Å². The molecule has 23 heavy (non-hydrogen) atoms. The highest BCUT2D eigenvalue weighted by atomic mass is 32.1. The van der Waals surface area contributed by atoms with E-state index in [0.717, 1.165) is 0 Å². The van der Waals surface area contributed by atoms with Gasteiger partial charge in [-0.3, -0.25) is 4.79 Å². The molecule has 1 amide bonds. The summed E-state index contributed by atoms with van der Waals surface area (Å²) in [5, 5.41) is 7.27. The van der Waals surface area contributed by atoms with Crippen LogP contribution in [-0.4, -0.2) is 5.91 Å². The van der Waals surface area contributed by atoms with Gasteiger partial charge in [0, 0.05) is 11.4 Å². The SMILES string of the molecule is O=C(Nc1ccc(Nc2c(F)cccc2F)cc1)c1cccs1. The van der Waals surface area contributed by atoms with Crippen LogP contribution in [0.5, 0.6) is 0 Å². The zero-order valence-corrected chi connectivity index (χ0v) is 12.7. The van der Waals surface area contributed by atoms with E-state index in [9.17, 15) is 13.6 Å². The van der Waals surface area contributed by atoms with E-state index in [2.05, 4.69) is 10.6 Å². The highest BCUT2D eigenvalue weighted by Crippen LogP contribution is 2.24. The number of amides is 1. The van der Waals surface area contributed by atoms with Crippen molar-refractivity contribution in [2.75, 3.05) is 10.6 Å². The third-order valence-electron chi connectivity index (χ3n) is 3.12. The number of thiophene rings is 1. The maximum absolute atomic E-state index is 13.6. The summed E-state index contributed by atoms with van der Waals surface area (Å²) in [6.07, 6.45) is 0. The third-order valence-corrected chi connectivity index (χ3v) is 3.99. The van der Waals surface area contributed by atoms with Gasteiger partial charge < -0.3 is 10.6 Å². The summed E-state index contributed by atoms with van der Waals surface area (Å²) < 4.78 is 27.2. The van der Waals surface area contributed by atoms with E-state index in [-0.39, 0.29) is 11.6 Å². The fourth-order valence-electron chi connectivity index (χ4n) is 2.00. The largest absolute Gasteiger partial charge is 0.351 e. The number of rotatable bonds is 4. The Labute approximate surface area is 135 Å². The minimum absolute atomic E-state index is 0.194. The first-order valence-corrected chi connectivity index (χ1v) is 7.67. The normalized spacial score (nSPS) is 10.3. The Hall–Kier alpha value is -2.73. The average Bonchev–Trinajstić information content (AvgIpc) is 3.07. The summed E-state index contributed by atoms with van der Waals surface area (Å²) in [6.45, 7) is 0. The van der Waals surface area contributed by atoms with E-state index in [0.29, 0.717) is 16.3 Å². The molecule has 0 saturated carbocycles. The molecule has 0 aliphatic heterocycles. The number of hydrogen-bond donors (Lipinski definition) is 2. The number of carbonyl (C=O) groups is 1. The summed E-state index contributed by atoms with van der Waals surface area (Å²) in [6, 6.07) is 13.8. The number of nitrogens with one attached hydrogen (secondary N) is 2. The van der Waals surface area contributed by atoms with Gasteiger partial charge in [-0.1, -0.05) is 12.1 Å². The Morgan fingerprint density at radius 3 is 2.13 bits per heavy atom. The standard InChI is InChI=1S/C17H12F2N2OS/c18-13-3-1-4-14(19)16(13)20-11-6-8-12(9-7-11)21-17(22)15-5-2-10-23-15/h1-10,20H,(H,21,22). The van der Waals surface area contributed by atoms with Crippen LogP contribution in [0.25, 0.3) is 0 Å². The lowest BCUT2D eigenvalue weighted by Crippen LogP contribution is -2.09. The minimum Gasteiger partial charge on any atom is -0.351 e. The Balaban J connectivity index is 1.71. The smallest absolute Gasteiger partial charge is 0.265 e. The van der Waals surface area contributed by atoms with Crippen LogP contribution in [0.2, 0.25) is 0 Å². The van der Waals surface area contributed by atoms with Crippen LogP contribution in [0, 0.1) is 11.6 Å². The van der Waals surface area contributed by atoms with E-state index >= 15 is 0 Å². The topological polar surface area (TPSA) is 41.1 Å². The van der Waals surface area contributed by atoms with Gasteiger partial charge in [-0.2, -0.15) is 0 Å². The molecule has 0 atom stereocenters. The summed E-state index contributed by atoms with van der Waals surface area (Å²) in [7, 11) is 0. The van der Waals surface area contributed by atoms with Gasteiger partial charge in [-0.25, -0.2) is 8.78 Å². The molecule has 6 heteroatoms. The second-order valence-corrected chi connectivity index (χ2v) is 5.68. The van der Waals surface area contributed by atoms with Gasteiger partial charge in [0.2, 0.25) is 0 Å². The fraction of sp³-hybridized carbons (Fsp3) is 0. The van der Waals surface area contributed by atoms with Crippen molar-refractivity contribution in [1.29, 1.82) is 0 Å². The molecule has 0 fully saturated rings. The Morgan fingerprint density at radius 1 is 0.870 bits per heavy atom. The van der Waals surface area contributed by atoms with Crippen LogP contribution in [0.1, 0.15) is 9.67 Å². The zero-order valence-electron chi connectivity index (χ0n) is 11.8. The summed E-state index contributed by atoms with van der Waals surface area (Å²) in [4.78, 5) is 12.5. The molecule has 116 valence electrons. The van der Waals surface area contributed by atoms with Gasteiger partial charge >= 0.3 is 0 Å². The number of benzene rings is 2. The second-order valence-electron chi connectivity index (χ2n) is 4.73. The summed E-state index contributed by atoms with van der Waals surface area (Å²) >= 11 is 1.35. The van der Waals surface area contributed by atoms with Crippen LogP contribution in [0.15, 0.2) is 60.0 Å². The van der Waals surface area contributed by atoms with Crippen LogP contribution < -0.4 is 10.6 Å². The molecule has 3 nitrogen and oxygen atoms in total. The van der Waals surface area contributed by atoms with Gasteiger partial charge in [0.1, 0.15) is 17.3 Å². The molecule has 2 N–H and O–H groups in total. The summed E-state index contributed by atoms with van der Waals surface area (Å²) in [5.74, 6) is -1.53. The molecule has 0 radical (unpaired) electrons. The maximum Gasteiger partial charge on any atom is 0.265 e. The monoisotopic (exact) mass is 330 g/mol. The number of halogens is 2. The number of hydrogen-bond acceptors (Lipinski definition) is 3. The quantitative estimate of drug-likeness (QED) is 0.705. The average molecular weight is 330 g/mol. The molecule has 0 saturated heterocycles. The molecule has 0 aliphatic rings. The van der Waals surface area contributed by atoms with Crippen molar-refractivity contribution in [3.05, 3.63) is 76.5 Å². The lowest BCUT2D eigenvalue weighted by molar-refractivity contribution is 0.103. The lowest BCUT2D eigenvalue weighted by atomic mass is 10.2. The molecular weight excluding hydrogens is 318 g/mol. The highest BCUT2D eigenvalue weighted by Gasteiger charge is 2.09. The van der Waals surface area contributed by atoms with Crippen LogP contribution in [0.4, 0.5) is 25.8 Å². The summed E-state index contributed by atoms with van der Waals surface area (Å²) in [5.41, 5.74) is 0.911. The predicted molar refractivity (Wildman–Crippen MR) is 88.4 cm³/mol. The number of anilines is 3. The van der Waals surface area contributed by atoms with Crippen LogP contribution >= 0.6 is 11.3 Å². The molecule has 0 unspecified atom stereocenters. The molecule has 2 aromatic carbocycles. The van der Waals surface area contributed by atoms with Gasteiger partial charge in [0.05, 0.1) is 4.88 Å². The minimum atomic E-state index is -0.667. The van der Waals surface area contributed by atoms with Gasteiger partial charge in [-0.05, 0) is 47.8 Å². The lowest BCUT2D eigenvalue weighted by Gasteiger charge is -2.10. The molecule has 1 heterocycles. The fourth-order valence-corrected chi connectivity index (χ4v) is 2.62. The van der Waals surface area contributed by atoms with Crippen LogP contribution in [-0.2, 0) is 0 Å². The molecule has 1 aromatic heterocycles. The third kappa shape index (κ3) is 3.54. The van der Waals surface area contributed by atoms with Crippen molar-refractivity contribution >= 4 is 34.3 Å². The highest BCUT2D eigenvalue weighted by molar-refractivity contribution is 7.12. The van der Waals surface area contributed by atoms with Gasteiger partial charge in [0.25, 0.3) is 5.91 Å². The number of para-hydroxylation sites is 1. The van der Waals surface area contributed by atoms with Crippen LogP contribution in [0.3, 0.4) is 0 Å². The molecule has 0 aliphatic carbocycles. The van der Waals surface area contributed by atoms with Crippen molar-refractivity contribution in [2.45, 2.75) is 0 Å². The molecule has 0 spiro atoms. The van der Waals surface area contributed by atoms with E-state index < -0.39 is 11.6 Å². The Kier molecular flexibility index (Phi) is 4.34. The second kappa shape index (κ2) is 6.58. The van der Waals surface area contributed by atoms with E-state index in [1.54, 1.807) is 36.4 Å². The molecular formula is C17H12F2N2OS. The Bertz CT molecular complexity index is 797. The van der Waals surface area contributed by atoms with Crippen molar-refractivity contribution < 1.29 is 13.6 Å². The molecule has 3 rings (SSSR count). The predicted octanol–water partition coefficient (Wildman–Crippen LogP) is 5.02. The maximum atomic E-state index is 13.6. The first-order valence-electron chi connectivity index (χ1n) is 6.79. The van der Waals surface area contributed by atoms with Gasteiger partial charge in [-0.15, -0.1) is 11.3 Å². The van der Waals surface area contributed by atoms with Crippen molar-refractivity contribution in [3.63, 3.8) is 0 Å². The van der Waals surface area contributed by atoms with Crippen molar-refractivity contribution in [1.82, 2.24) is 0 Å². The van der Waals surface area contributed by atoms with E-state index in [4.69, 9.17) is 0 Å². The van der Waals surface area contributed by atoms with Crippen molar-refractivity contribution in [3.8, 4) is 0 Å². The zero-order chi connectivity index (χ0) is 16.2.